The van der Waals surface area contributed by atoms with E-state index in [-0.39, 0.29) is 13.0 Å². The number of hydrogen-bond donors (Lipinski definition) is 1. The second kappa shape index (κ2) is 9.95. The van der Waals surface area contributed by atoms with Gasteiger partial charge in [0, 0.05) is 18.7 Å². The van der Waals surface area contributed by atoms with Crippen LogP contribution in [0.4, 0.5) is 4.39 Å². The summed E-state index contributed by atoms with van der Waals surface area (Å²) in [5, 5.41) is 3.12. The first kappa shape index (κ1) is 23.2. The van der Waals surface area contributed by atoms with Crippen LogP contribution in [0.1, 0.15) is 12.6 Å². The zero-order valence-electron chi connectivity index (χ0n) is 18.9. The monoisotopic (exact) mass is 488 g/mol. The van der Waals surface area contributed by atoms with Gasteiger partial charge in [0.15, 0.2) is 0 Å². The van der Waals surface area contributed by atoms with Gasteiger partial charge in [-0.1, -0.05) is 91.0 Å². The molecule has 0 saturated carbocycles. The summed E-state index contributed by atoms with van der Waals surface area (Å²) in [6, 6.07) is 31.3. The number of hydrogen-bond acceptors (Lipinski definition) is 4. The fourth-order valence-electron chi connectivity index (χ4n) is 4.64. The molecular formula is C27H25FN2O4Si. The molecule has 8 heteroatoms. The normalized spacial score (nSPS) is 20.1. The molecule has 1 aromatic heterocycles. The number of benzene rings is 3. The van der Waals surface area contributed by atoms with Crippen molar-refractivity contribution in [1.82, 2.24) is 9.55 Å². The summed E-state index contributed by atoms with van der Waals surface area (Å²) in [5.41, 5.74) is -1.14. The minimum Gasteiger partial charge on any atom is -0.401 e. The fraction of sp³-hybridized carbons (Fsp3) is 0.185. The molecule has 2 heterocycles. The van der Waals surface area contributed by atoms with Crippen LogP contribution >= 0.6 is 0 Å². The standard InChI is InChI=1S/C27H25FN2O4Si/c28-23-18-26(30-17-16-25(31)29-27(30)32)34-24(23)19-33-35(20-10-4-1-5-11-20,21-12-6-2-7-13-21)22-14-8-3-9-15-22/h1-17,23-24,26H,18-19H2,(H,29,31,32)/t23-,24+,26+/m0/s1. The Kier molecular flexibility index (Phi) is 6.58. The van der Waals surface area contributed by atoms with Gasteiger partial charge >= 0.3 is 5.69 Å². The minimum atomic E-state index is -3.00. The smallest absolute Gasteiger partial charge is 0.330 e. The molecule has 4 aromatic rings. The lowest BCUT2D eigenvalue weighted by Gasteiger charge is -2.34. The third-order valence-corrected chi connectivity index (χ3v) is 10.4. The number of ether oxygens (including phenoxy) is 1. The van der Waals surface area contributed by atoms with Crippen LogP contribution in [-0.4, -0.2) is 36.8 Å². The first-order valence-electron chi connectivity index (χ1n) is 11.5. The van der Waals surface area contributed by atoms with Crippen molar-refractivity contribution in [3.63, 3.8) is 0 Å². The van der Waals surface area contributed by atoms with Gasteiger partial charge in [-0.2, -0.15) is 0 Å². The van der Waals surface area contributed by atoms with Crippen LogP contribution in [0, 0.1) is 0 Å². The molecule has 35 heavy (non-hydrogen) atoms. The summed E-state index contributed by atoms with van der Waals surface area (Å²) < 4.78 is 29.1. The lowest BCUT2D eigenvalue weighted by atomic mass is 10.2. The molecule has 3 atom stereocenters. The number of halogens is 1. The van der Waals surface area contributed by atoms with E-state index in [9.17, 15) is 9.59 Å². The van der Waals surface area contributed by atoms with Crippen molar-refractivity contribution in [3.05, 3.63) is 124 Å². The molecule has 0 spiro atoms. The maximum atomic E-state index is 15.1. The third kappa shape index (κ3) is 4.55. The topological polar surface area (TPSA) is 73.3 Å². The SMILES string of the molecule is O=c1ccn([C@H]2C[C@H](F)[C@@H](CO[Si](c3ccccc3)(c3ccccc3)c3ccccc3)O2)c(=O)[nH]1. The lowest BCUT2D eigenvalue weighted by Crippen LogP contribution is -2.69. The number of nitrogens with one attached hydrogen (secondary N) is 1. The van der Waals surface area contributed by atoms with Gasteiger partial charge in [0.25, 0.3) is 13.9 Å². The van der Waals surface area contributed by atoms with E-state index in [2.05, 4.69) is 41.4 Å². The summed E-state index contributed by atoms with van der Waals surface area (Å²) >= 11 is 0. The molecule has 0 radical (unpaired) electrons. The fourth-order valence-corrected chi connectivity index (χ4v) is 8.54. The molecule has 6 nitrogen and oxygen atoms in total. The lowest BCUT2D eigenvalue weighted by molar-refractivity contribution is -0.0313. The minimum absolute atomic E-state index is 0.00343. The average molecular weight is 489 g/mol. The van der Waals surface area contributed by atoms with Crippen molar-refractivity contribution in [2.75, 3.05) is 6.61 Å². The molecule has 3 aromatic carbocycles. The molecule has 1 N–H and O–H groups in total. The quantitative estimate of drug-likeness (QED) is 0.318. The van der Waals surface area contributed by atoms with Crippen LogP contribution in [0.25, 0.3) is 0 Å². The Morgan fingerprint density at radius 1 is 0.857 bits per heavy atom. The third-order valence-electron chi connectivity index (χ3n) is 6.33. The predicted octanol–water partition coefficient (Wildman–Crippen LogP) is 1.85. The Hall–Kier alpha value is -3.59. The molecule has 0 bridgehead atoms. The van der Waals surface area contributed by atoms with Gasteiger partial charge in [-0.05, 0) is 15.6 Å². The highest BCUT2D eigenvalue weighted by molar-refractivity contribution is 7.07. The van der Waals surface area contributed by atoms with Crippen LogP contribution in [0.2, 0.25) is 0 Å². The van der Waals surface area contributed by atoms with Crippen LogP contribution < -0.4 is 26.8 Å². The maximum absolute atomic E-state index is 15.1. The van der Waals surface area contributed by atoms with Crippen molar-refractivity contribution in [2.45, 2.75) is 24.9 Å². The van der Waals surface area contributed by atoms with E-state index in [1.807, 2.05) is 54.6 Å². The van der Waals surface area contributed by atoms with Gasteiger partial charge in [-0.3, -0.25) is 14.3 Å². The number of alkyl halides is 1. The molecule has 0 amide bonds. The van der Waals surface area contributed by atoms with Crippen LogP contribution in [0.3, 0.4) is 0 Å². The Morgan fingerprint density at radius 3 is 1.86 bits per heavy atom. The number of aromatic nitrogens is 2. The van der Waals surface area contributed by atoms with Crippen LogP contribution in [0.5, 0.6) is 0 Å². The van der Waals surface area contributed by atoms with E-state index in [1.165, 1.54) is 16.8 Å². The molecule has 1 aliphatic heterocycles. The molecular weight excluding hydrogens is 463 g/mol. The van der Waals surface area contributed by atoms with Gasteiger partial charge in [0.2, 0.25) is 0 Å². The largest absolute Gasteiger partial charge is 0.401 e. The van der Waals surface area contributed by atoms with E-state index >= 15 is 4.39 Å². The zero-order chi connectivity index (χ0) is 24.3. The Bertz CT molecular complexity index is 1280. The number of H-pyrrole nitrogens is 1. The van der Waals surface area contributed by atoms with E-state index in [1.54, 1.807) is 0 Å². The summed E-state index contributed by atoms with van der Waals surface area (Å²) in [6.07, 6.45) is -1.67. The predicted molar refractivity (Wildman–Crippen MR) is 135 cm³/mol. The van der Waals surface area contributed by atoms with Crippen molar-refractivity contribution in [2.24, 2.45) is 0 Å². The number of nitrogens with zero attached hydrogens (tertiary/aromatic N) is 1. The summed E-state index contributed by atoms with van der Waals surface area (Å²) in [4.78, 5) is 25.8. The van der Waals surface area contributed by atoms with Crippen LogP contribution in [-0.2, 0) is 9.16 Å². The Labute approximate surface area is 202 Å². The Balaban J connectivity index is 1.50. The van der Waals surface area contributed by atoms with Gasteiger partial charge in [-0.15, -0.1) is 0 Å². The highest BCUT2D eigenvalue weighted by atomic mass is 28.4. The maximum Gasteiger partial charge on any atom is 0.330 e. The molecule has 1 aliphatic rings. The molecule has 1 saturated heterocycles. The van der Waals surface area contributed by atoms with E-state index in [4.69, 9.17) is 9.16 Å². The second-order valence-electron chi connectivity index (χ2n) is 8.49. The second-order valence-corrected chi connectivity index (χ2v) is 11.9. The van der Waals surface area contributed by atoms with E-state index < -0.39 is 38.1 Å². The van der Waals surface area contributed by atoms with Crippen LogP contribution in [0.15, 0.2) is 113 Å². The van der Waals surface area contributed by atoms with E-state index in [0.29, 0.717) is 0 Å². The van der Waals surface area contributed by atoms with Gasteiger partial charge in [0.05, 0.1) is 6.61 Å². The average Bonchev–Trinajstić information content (AvgIpc) is 3.26. The highest BCUT2D eigenvalue weighted by Gasteiger charge is 2.45. The van der Waals surface area contributed by atoms with E-state index in [0.717, 1.165) is 15.6 Å². The first-order chi connectivity index (χ1) is 17.1. The first-order valence-corrected chi connectivity index (χ1v) is 13.4. The molecule has 1 fully saturated rings. The van der Waals surface area contributed by atoms with Gasteiger partial charge < -0.3 is 9.16 Å². The molecule has 5 rings (SSSR count). The number of aromatic amines is 1. The summed E-state index contributed by atoms with van der Waals surface area (Å²) in [7, 11) is -3.00. The Morgan fingerprint density at radius 2 is 1.37 bits per heavy atom. The summed E-state index contributed by atoms with van der Waals surface area (Å²) in [6.45, 7) is 0.0146. The number of rotatable bonds is 7. The zero-order valence-corrected chi connectivity index (χ0v) is 19.9. The molecule has 0 aliphatic carbocycles. The van der Waals surface area contributed by atoms with Crippen molar-refractivity contribution < 1.29 is 13.6 Å². The van der Waals surface area contributed by atoms with Crippen molar-refractivity contribution in [1.29, 1.82) is 0 Å². The summed E-state index contributed by atoms with van der Waals surface area (Å²) in [5.74, 6) is 0. The van der Waals surface area contributed by atoms with Crippen molar-refractivity contribution >= 4 is 23.9 Å². The molecule has 0 unspecified atom stereocenters. The van der Waals surface area contributed by atoms with Gasteiger partial charge in [-0.25, -0.2) is 9.18 Å². The highest BCUT2D eigenvalue weighted by Crippen LogP contribution is 2.30. The van der Waals surface area contributed by atoms with Gasteiger partial charge in [0.1, 0.15) is 18.5 Å². The molecule has 178 valence electrons. The van der Waals surface area contributed by atoms with Crippen molar-refractivity contribution in [3.8, 4) is 0 Å².